The summed E-state index contributed by atoms with van der Waals surface area (Å²) >= 11 is 0. The van der Waals surface area contributed by atoms with Crippen molar-refractivity contribution in [3.05, 3.63) is 53.8 Å². The number of hydrogen-bond acceptors (Lipinski definition) is 2. The Kier molecular flexibility index (Phi) is 3.28. The van der Waals surface area contributed by atoms with Crippen LogP contribution in [0.5, 0.6) is 0 Å². The van der Waals surface area contributed by atoms with Crippen LogP contribution in [0.1, 0.15) is 5.56 Å². The lowest BCUT2D eigenvalue weighted by Crippen LogP contribution is -2.27. The lowest BCUT2D eigenvalue weighted by molar-refractivity contribution is 0.252. The second-order valence-electron chi connectivity index (χ2n) is 4.74. The number of nitrogens with one attached hydrogen (secondary N) is 1. The van der Waals surface area contributed by atoms with E-state index in [1.807, 2.05) is 24.3 Å². The molecule has 1 fully saturated rings. The van der Waals surface area contributed by atoms with Crippen LogP contribution in [0, 0.1) is 17.1 Å². The van der Waals surface area contributed by atoms with E-state index in [2.05, 4.69) is 5.32 Å². The average Bonchev–Trinajstić information content (AvgIpc) is 2.93. The van der Waals surface area contributed by atoms with Crippen LogP contribution in [-0.4, -0.2) is 19.1 Å². The third-order valence-electron chi connectivity index (χ3n) is 3.46. The van der Waals surface area contributed by atoms with Crippen molar-refractivity contribution in [1.29, 1.82) is 5.26 Å². The molecular formula is C16H12FN3O. The highest BCUT2D eigenvalue weighted by Gasteiger charge is 2.20. The fraction of sp³-hybridized carbons (Fsp3) is 0.125. The van der Waals surface area contributed by atoms with Crippen LogP contribution in [0.15, 0.2) is 42.5 Å². The van der Waals surface area contributed by atoms with Crippen molar-refractivity contribution in [2.75, 3.05) is 18.0 Å². The van der Waals surface area contributed by atoms with Gasteiger partial charge in [-0.2, -0.15) is 5.26 Å². The molecule has 1 heterocycles. The van der Waals surface area contributed by atoms with Crippen molar-refractivity contribution in [2.45, 2.75) is 0 Å². The highest BCUT2D eigenvalue weighted by Crippen LogP contribution is 2.25. The van der Waals surface area contributed by atoms with Gasteiger partial charge in [0.05, 0.1) is 5.56 Å². The molecule has 3 rings (SSSR count). The standard InChI is InChI=1S/C16H12FN3O/c17-15-9-12(1-2-13(15)10-18)11-3-5-14(6-4-11)20-8-7-19-16(20)21/h1-6,9H,7-8H2,(H,19,21). The van der Waals surface area contributed by atoms with Crippen LogP contribution >= 0.6 is 0 Å². The van der Waals surface area contributed by atoms with Crippen LogP contribution in [0.4, 0.5) is 14.9 Å². The smallest absolute Gasteiger partial charge is 0.321 e. The van der Waals surface area contributed by atoms with Gasteiger partial charge in [-0.3, -0.25) is 4.90 Å². The minimum Gasteiger partial charge on any atom is -0.336 e. The van der Waals surface area contributed by atoms with E-state index in [1.165, 1.54) is 12.1 Å². The minimum absolute atomic E-state index is 0.0316. The first kappa shape index (κ1) is 13.1. The number of anilines is 1. The zero-order valence-corrected chi connectivity index (χ0v) is 11.1. The number of nitriles is 1. The molecule has 1 aliphatic rings. The lowest BCUT2D eigenvalue weighted by Gasteiger charge is -2.14. The number of benzene rings is 2. The topological polar surface area (TPSA) is 56.1 Å². The largest absolute Gasteiger partial charge is 0.336 e. The summed E-state index contributed by atoms with van der Waals surface area (Å²) in [5.74, 6) is -0.530. The Morgan fingerprint density at radius 2 is 1.86 bits per heavy atom. The van der Waals surface area contributed by atoms with Crippen molar-refractivity contribution >= 4 is 11.7 Å². The molecule has 0 spiro atoms. The molecule has 21 heavy (non-hydrogen) atoms. The van der Waals surface area contributed by atoms with Gasteiger partial charge >= 0.3 is 6.03 Å². The van der Waals surface area contributed by atoms with Crippen molar-refractivity contribution in [1.82, 2.24) is 5.32 Å². The summed E-state index contributed by atoms with van der Waals surface area (Å²) in [6, 6.07) is 13.5. The quantitative estimate of drug-likeness (QED) is 0.920. The van der Waals surface area contributed by atoms with Gasteiger partial charge in [-0.05, 0) is 35.4 Å². The number of carbonyl (C=O) groups is 1. The Balaban J connectivity index is 1.89. The maximum atomic E-state index is 13.6. The van der Waals surface area contributed by atoms with Gasteiger partial charge in [0.15, 0.2) is 0 Å². The van der Waals surface area contributed by atoms with E-state index >= 15 is 0 Å². The number of nitrogens with zero attached hydrogens (tertiary/aromatic N) is 2. The van der Waals surface area contributed by atoms with Gasteiger partial charge in [-0.15, -0.1) is 0 Å². The molecule has 4 nitrogen and oxygen atoms in total. The molecule has 0 bridgehead atoms. The van der Waals surface area contributed by atoms with Gasteiger partial charge in [-0.25, -0.2) is 9.18 Å². The van der Waals surface area contributed by atoms with E-state index in [0.29, 0.717) is 18.7 Å². The summed E-state index contributed by atoms with van der Waals surface area (Å²) in [6.45, 7) is 1.28. The second kappa shape index (κ2) is 5.25. The molecule has 0 saturated carbocycles. The summed E-state index contributed by atoms with van der Waals surface area (Å²) in [5, 5.41) is 11.5. The van der Waals surface area contributed by atoms with Crippen LogP contribution in [-0.2, 0) is 0 Å². The Hall–Kier alpha value is -2.87. The van der Waals surface area contributed by atoms with E-state index in [1.54, 1.807) is 17.0 Å². The Morgan fingerprint density at radius 1 is 1.14 bits per heavy atom. The zero-order valence-electron chi connectivity index (χ0n) is 11.1. The second-order valence-corrected chi connectivity index (χ2v) is 4.74. The van der Waals surface area contributed by atoms with Crippen LogP contribution in [0.3, 0.4) is 0 Å². The molecule has 0 aromatic heterocycles. The first-order valence-electron chi connectivity index (χ1n) is 6.54. The molecule has 0 aliphatic carbocycles. The van der Waals surface area contributed by atoms with E-state index in [9.17, 15) is 9.18 Å². The van der Waals surface area contributed by atoms with Gasteiger partial charge in [-0.1, -0.05) is 18.2 Å². The van der Waals surface area contributed by atoms with Gasteiger partial charge in [0.2, 0.25) is 0 Å². The number of amides is 2. The third-order valence-corrected chi connectivity index (χ3v) is 3.46. The molecule has 2 aromatic carbocycles. The molecule has 2 amide bonds. The SMILES string of the molecule is N#Cc1ccc(-c2ccc(N3CCNC3=O)cc2)cc1F. The molecular weight excluding hydrogens is 269 g/mol. The summed E-state index contributed by atoms with van der Waals surface area (Å²) in [5.41, 5.74) is 2.37. The van der Waals surface area contributed by atoms with Crippen molar-refractivity contribution in [3.8, 4) is 17.2 Å². The molecule has 5 heteroatoms. The summed E-state index contributed by atoms with van der Waals surface area (Å²) in [6.07, 6.45) is 0. The summed E-state index contributed by atoms with van der Waals surface area (Å²) < 4.78 is 13.6. The molecule has 0 radical (unpaired) electrons. The Bertz CT molecular complexity index is 734. The van der Waals surface area contributed by atoms with Gasteiger partial charge in [0.1, 0.15) is 11.9 Å². The molecule has 1 N–H and O–H groups in total. The predicted octanol–water partition coefficient (Wildman–Crippen LogP) is 2.89. The normalized spacial score (nSPS) is 13.9. The molecule has 1 aliphatic heterocycles. The van der Waals surface area contributed by atoms with E-state index in [0.717, 1.165) is 11.3 Å². The van der Waals surface area contributed by atoms with Crippen molar-refractivity contribution in [3.63, 3.8) is 0 Å². The average molecular weight is 281 g/mol. The number of hydrogen-bond donors (Lipinski definition) is 1. The molecule has 1 saturated heterocycles. The summed E-state index contributed by atoms with van der Waals surface area (Å²) in [4.78, 5) is 13.2. The third kappa shape index (κ3) is 2.43. The fourth-order valence-electron chi connectivity index (χ4n) is 2.34. The molecule has 0 atom stereocenters. The summed E-state index contributed by atoms with van der Waals surface area (Å²) in [7, 11) is 0. The number of urea groups is 1. The highest BCUT2D eigenvalue weighted by molar-refractivity contribution is 5.94. The van der Waals surface area contributed by atoms with E-state index in [-0.39, 0.29) is 11.6 Å². The monoisotopic (exact) mass is 281 g/mol. The molecule has 2 aromatic rings. The first-order valence-corrected chi connectivity index (χ1v) is 6.54. The highest BCUT2D eigenvalue weighted by atomic mass is 19.1. The molecule has 0 unspecified atom stereocenters. The van der Waals surface area contributed by atoms with Crippen LogP contribution < -0.4 is 10.2 Å². The van der Waals surface area contributed by atoms with Crippen LogP contribution in [0.2, 0.25) is 0 Å². The van der Waals surface area contributed by atoms with Gasteiger partial charge < -0.3 is 5.32 Å². The maximum absolute atomic E-state index is 13.6. The van der Waals surface area contributed by atoms with Gasteiger partial charge in [0, 0.05) is 18.8 Å². The van der Waals surface area contributed by atoms with E-state index in [4.69, 9.17) is 5.26 Å². The lowest BCUT2D eigenvalue weighted by atomic mass is 10.0. The molecule has 104 valence electrons. The Morgan fingerprint density at radius 3 is 2.43 bits per heavy atom. The van der Waals surface area contributed by atoms with Gasteiger partial charge in [0.25, 0.3) is 0 Å². The Labute approximate surface area is 121 Å². The van der Waals surface area contributed by atoms with Crippen molar-refractivity contribution < 1.29 is 9.18 Å². The zero-order chi connectivity index (χ0) is 14.8. The number of halogens is 1. The van der Waals surface area contributed by atoms with Crippen LogP contribution in [0.25, 0.3) is 11.1 Å². The fourth-order valence-corrected chi connectivity index (χ4v) is 2.34. The predicted molar refractivity (Wildman–Crippen MR) is 77.3 cm³/mol. The number of rotatable bonds is 2. The maximum Gasteiger partial charge on any atom is 0.321 e. The van der Waals surface area contributed by atoms with E-state index < -0.39 is 5.82 Å². The number of carbonyl (C=O) groups excluding carboxylic acids is 1. The van der Waals surface area contributed by atoms with Crippen molar-refractivity contribution in [2.24, 2.45) is 0 Å². The first-order chi connectivity index (χ1) is 10.2. The minimum atomic E-state index is -0.530.